The van der Waals surface area contributed by atoms with Crippen LogP contribution >= 0.6 is 46.4 Å². The summed E-state index contributed by atoms with van der Waals surface area (Å²) in [6, 6.07) is 56.9. The highest BCUT2D eigenvalue weighted by molar-refractivity contribution is 6.31. The summed E-state index contributed by atoms with van der Waals surface area (Å²) in [7, 11) is 4.00. The minimum Gasteiger partial charge on any atom is -0.492 e. The number of aromatic carboxylic acids is 1. The lowest BCUT2D eigenvalue weighted by Crippen LogP contribution is -2.37. The topological polar surface area (TPSA) is 115 Å². The Balaban J connectivity index is 0.000000256. The number of carbonyl (C=O) groups is 3. The van der Waals surface area contributed by atoms with Gasteiger partial charge in [0.2, 0.25) is 0 Å². The molecule has 90 heavy (non-hydrogen) atoms. The number of ketones is 2. The van der Waals surface area contributed by atoms with E-state index in [0.29, 0.717) is 86.7 Å². The Morgan fingerprint density at radius 3 is 1.01 bits per heavy atom. The number of ether oxygens (including phenoxy) is 4. The molecule has 0 saturated carbocycles. The zero-order chi connectivity index (χ0) is 65.0. The molecular weight excluding hydrogens is 1250 g/mol. The van der Waals surface area contributed by atoms with Crippen molar-refractivity contribution in [3.8, 4) is 11.5 Å². The first-order chi connectivity index (χ1) is 42.9. The fourth-order valence-electron chi connectivity index (χ4n) is 9.54. The van der Waals surface area contributed by atoms with E-state index in [4.69, 9.17) is 70.5 Å². The van der Waals surface area contributed by atoms with Crippen LogP contribution in [0, 0.1) is 6.92 Å². The molecule has 8 aromatic carbocycles. The lowest BCUT2D eigenvalue weighted by atomic mass is 9.91. The van der Waals surface area contributed by atoms with E-state index < -0.39 is 42.1 Å². The van der Waals surface area contributed by atoms with Crippen LogP contribution in [0.5, 0.6) is 11.5 Å². The van der Waals surface area contributed by atoms with Crippen molar-refractivity contribution in [2.45, 2.75) is 69.4 Å². The average molecular weight is 1320 g/mol. The first kappa shape index (κ1) is 70.2. The zero-order valence-corrected chi connectivity index (χ0v) is 52.4. The molecular formula is C70H66Cl4F6N2O8. The van der Waals surface area contributed by atoms with E-state index in [0.717, 1.165) is 34.4 Å². The second-order valence-corrected chi connectivity index (χ2v) is 23.3. The van der Waals surface area contributed by atoms with E-state index in [1.54, 1.807) is 60.7 Å². The van der Waals surface area contributed by atoms with Crippen LogP contribution in [-0.4, -0.2) is 110 Å². The Bertz CT molecular complexity index is 3440. The van der Waals surface area contributed by atoms with Gasteiger partial charge in [-0.2, -0.15) is 26.3 Å². The number of benzene rings is 8. The lowest BCUT2D eigenvalue weighted by Gasteiger charge is -2.25. The van der Waals surface area contributed by atoms with Gasteiger partial charge in [-0.05, 0) is 150 Å². The molecule has 0 saturated heterocycles. The standard InChI is InChI=1S/C35H32Cl2F3NO5.C35H34Cl2F3NO3/c1-41(21-31(25-8-12-28(36)13-9-25)26-10-14-29(37)15-11-26)18-19-45-30-16-4-23(5-17-30)20-32(33(42)35(38,39)40)46-22-24-2-6-27(7-3-24)34(43)44;1-24-3-5-26(6-4-24)23-44-33(34(42)35(38,39)40)21-25-7-17-31(18-8-25)43-20-19-41(2)22-32(27-9-13-29(36)14-10-27)28-11-15-30(37)16-12-28/h2-17,31-32H,18-22H2,1H3,(H,43,44);3-18,32-33H,19-23H2,1-2H3. The normalized spacial score (nSPS) is 12.4. The van der Waals surface area contributed by atoms with Crippen molar-refractivity contribution >= 4 is 63.9 Å². The van der Waals surface area contributed by atoms with E-state index >= 15 is 0 Å². The number of nitrogens with zero attached hydrogens (tertiary/aromatic N) is 2. The minimum atomic E-state index is -5.08. The van der Waals surface area contributed by atoms with Gasteiger partial charge in [-0.3, -0.25) is 9.59 Å². The molecule has 20 heteroatoms. The molecule has 2 unspecified atom stereocenters. The lowest BCUT2D eigenvalue weighted by molar-refractivity contribution is -0.183. The van der Waals surface area contributed by atoms with E-state index in [1.165, 1.54) is 24.3 Å². The molecule has 0 bridgehead atoms. The van der Waals surface area contributed by atoms with Crippen LogP contribution in [0.4, 0.5) is 26.3 Å². The van der Waals surface area contributed by atoms with Crippen molar-refractivity contribution in [1.29, 1.82) is 0 Å². The molecule has 2 atom stereocenters. The van der Waals surface area contributed by atoms with Crippen molar-refractivity contribution in [1.82, 2.24) is 9.80 Å². The third kappa shape index (κ3) is 22.6. The Hall–Kier alpha value is -7.25. The first-order valence-corrected chi connectivity index (χ1v) is 30.0. The second kappa shape index (κ2) is 33.7. The third-order valence-electron chi connectivity index (χ3n) is 14.6. The number of aryl methyl sites for hydroxylation is 1. The van der Waals surface area contributed by atoms with Gasteiger partial charge >= 0.3 is 18.3 Å². The van der Waals surface area contributed by atoms with Crippen LogP contribution in [0.15, 0.2) is 194 Å². The Kier molecular flexibility index (Phi) is 26.3. The molecule has 0 aliphatic rings. The van der Waals surface area contributed by atoms with Gasteiger partial charge in [0.1, 0.15) is 36.9 Å². The van der Waals surface area contributed by atoms with Crippen LogP contribution in [0.2, 0.25) is 20.1 Å². The van der Waals surface area contributed by atoms with Gasteiger partial charge in [0.05, 0.1) is 18.8 Å². The van der Waals surface area contributed by atoms with Crippen LogP contribution < -0.4 is 9.47 Å². The van der Waals surface area contributed by atoms with Crippen LogP contribution in [0.1, 0.15) is 72.3 Å². The van der Waals surface area contributed by atoms with Crippen molar-refractivity contribution < 1.29 is 64.8 Å². The van der Waals surface area contributed by atoms with E-state index in [1.807, 2.05) is 130 Å². The van der Waals surface area contributed by atoms with Crippen LogP contribution in [0.3, 0.4) is 0 Å². The Morgan fingerprint density at radius 1 is 0.433 bits per heavy atom. The largest absolute Gasteiger partial charge is 0.492 e. The maximum Gasteiger partial charge on any atom is 0.452 e. The van der Waals surface area contributed by atoms with Crippen molar-refractivity contribution in [2.75, 3.05) is 53.5 Å². The third-order valence-corrected chi connectivity index (χ3v) is 15.6. The predicted octanol–water partition coefficient (Wildman–Crippen LogP) is 16.8. The quantitative estimate of drug-likeness (QED) is 0.0455. The fourth-order valence-corrected chi connectivity index (χ4v) is 10.0. The minimum absolute atomic E-state index is 0.0284. The molecule has 10 nitrogen and oxygen atoms in total. The van der Waals surface area contributed by atoms with Gasteiger partial charge < -0.3 is 33.9 Å². The summed E-state index contributed by atoms with van der Waals surface area (Å²) >= 11 is 24.4. The average Bonchev–Trinajstić information content (AvgIpc) is 1.70. The van der Waals surface area contributed by atoms with Gasteiger partial charge in [-0.25, -0.2) is 4.79 Å². The van der Waals surface area contributed by atoms with Gasteiger partial charge in [-0.1, -0.05) is 161 Å². The molecule has 0 spiro atoms. The summed E-state index contributed by atoms with van der Waals surface area (Å²) < 4.78 is 102. The summed E-state index contributed by atoms with van der Waals surface area (Å²) in [4.78, 5) is 39.6. The number of hydrogen-bond donors (Lipinski definition) is 1. The Morgan fingerprint density at radius 2 is 0.722 bits per heavy atom. The molecule has 0 fully saturated rings. The van der Waals surface area contributed by atoms with E-state index in [9.17, 15) is 40.7 Å². The molecule has 0 heterocycles. The van der Waals surface area contributed by atoms with Gasteiger partial charge in [-0.15, -0.1) is 0 Å². The van der Waals surface area contributed by atoms with Crippen molar-refractivity contribution in [3.05, 3.63) is 270 Å². The highest BCUT2D eigenvalue weighted by atomic mass is 35.5. The van der Waals surface area contributed by atoms with Gasteiger partial charge in [0.25, 0.3) is 11.6 Å². The number of carboxylic acid groups (broad SMARTS) is 1. The summed E-state index contributed by atoms with van der Waals surface area (Å²) in [5, 5.41) is 11.7. The van der Waals surface area contributed by atoms with Gasteiger partial charge in [0.15, 0.2) is 0 Å². The molecule has 8 aromatic rings. The molecule has 1 N–H and O–H groups in total. The molecule has 474 valence electrons. The second-order valence-electron chi connectivity index (χ2n) is 21.5. The molecule has 0 aliphatic carbocycles. The van der Waals surface area contributed by atoms with Crippen LogP contribution in [0.25, 0.3) is 0 Å². The number of carboxylic acids is 1. The predicted molar refractivity (Wildman–Crippen MR) is 340 cm³/mol. The zero-order valence-electron chi connectivity index (χ0n) is 49.3. The van der Waals surface area contributed by atoms with Crippen molar-refractivity contribution in [2.24, 2.45) is 0 Å². The van der Waals surface area contributed by atoms with Gasteiger partial charge in [0, 0.05) is 70.9 Å². The smallest absolute Gasteiger partial charge is 0.452 e. The Labute approximate surface area is 539 Å². The van der Waals surface area contributed by atoms with E-state index in [2.05, 4.69) is 9.80 Å². The first-order valence-electron chi connectivity index (χ1n) is 28.5. The highest BCUT2D eigenvalue weighted by Crippen LogP contribution is 2.31. The maximum atomic E-state index is 13.3. The number of halogens is 10. The van der Waals surface area contributed by atoms with Crippen LogP contribution in [-0.2, 0) is 45.1 Å². The number of rotatable bonds is 29. The number of hydrogen-bond acceptors (Lipinski definition) is 9. The fraction of sp³-hybridized carbons (Fsp3) is 0.271. The molecule has 0 aliphatic heterocycles. The molecule has 0 radical (unpaired) electrons. The molecule has 0 amide bonds. The highest BCUT2D eigenvalue weighted by Gasteiger charge is 2.45. The number of likely N-dealkylation sites (N-methyl/N-ethyl adjacent to an activating group) is 2. The van der Waals surface area contributed by atoms with E-state index in [-0.39, 0.29) is 43.5 Å². The molecule has 0 aromatic heterocycles. The number of Topliss-reactive ketones (excluding diaryl/α,β-unsaturated/α-hetero) is 2. The summed E-state index contributed by atoms with van der Waals surface area (Å²) in [5.41, 5.74) is 7.65. The summed E-state index contributed by atoms with van der Waals surface area (Å²) in [5.74, 6) is -3.76. The maximum absolute atomic E-state index is 13.3. The number of alkyl halides is 6. The number of carbonyl (C=O) groups excluding carboxylic acids is 2. The molecule has 8 rings (SSSR count). The summed E-state index contributed by atoms with van der Waals surface area (Å²) in [6.07, 6.45) is -14.0. The summed E-state index contributed by atoms with van der Waals surface area (Å²) in [6.45, 7) is 4.94. The van der Waals surface area contributed by atoms with Crippen molar-refractivity contribution in [3.63, 3.8) is 0 Å². The monoisotopic (exact) mass is 1320 g/mol. The SMILES string of the molecule is CN(CCOc1ccc(CC(OCc2ccc(C(=O)O)cc2)C(=O)C(F)(F)F)cc1)CC(c1ccc(Cl)cc1)c1ccc(Cl)cc1.Cc1ccc(COC(Cc2ccc(OCCN(C)CC(c3ccc(Cl)cc3)c3ccc(Cl)cc3)cc2)C(=O)C(F)(F)F)cc1.